The number of nitrogens with one attached hydrogen (secondary N) is 1. The Balaban J connectivity index is 1.60. The van der Waals surface area contributed by atoms with E-state index in [1.54, 1.807) is 15.6 Å². The number of nitrogens with zero attached hydrogens (tertiary/aromatic N) is 3. The fraction of sp³-hybridized carbons (Fsp3) is 0.346. The van der Waals surface area contributed by atoms with Crippen LogP contribution < -0.4 is 5.32 Å². The van der Waals surface area contributed by atoms with E-state index in [0.29, 0.717) is 22.2 Å². The van der Waals surface area contributed by atoms with Crippen LogP contribution in [0.5, 0.6) is 0 Å². The summed E-state index contributed by atoms with van der Waals surface area (Å²) in [6, 6.07) is 18.9. The highest BCUT2D eigenvalue weighted by Crippen LogP contribution is 2.29. The molecule has 1 aliphatic rings. The van der Waals surface area contributed by atoms with Gasteiger partial charge in [0.2, 0.25) is 11.8 Å². The van der Waals surface area contributed by atoms with Gasteiger partial charge in [0.05, 0.1) is 16.4 Å². The molecule has 2 aromatic carbocycles. The van der Waals surface area contributed by atoms with Crippen molar-refractivity contribution < 1.29 is 9.59 Å². The highest BCUT2D eigenvalue weighted by atomic mass is 35.5. The number of benzene rings is 2. The zero-order valence-electron chi connectivity index (χ0n) is 19.0. The molecule has 0 unspecified atom stereocenters. The number of carbonyl (C=O) groups is 2. The quantitative estimate of drug-likeness (QED) is 0.497. The summed E-state index contributed by atoms with van der Waals surface area (Å²) in [5.74, 6) is 0.340. The Labute approximate surface area is 199 Å². The molecule has 6 nitrogen and oxygen atoms in total. The van der Waals surface area contributed by atoms with E-state index in [2.05, 4.69) is 5.32 Å². The molecule has 1 heterocycles. The van der Waals surface area contributed by atoms with Crippen molar-refractivity contribution in [3.05, 3.63) is 65.7 Å². The highest BCUT2D eigenvalue weighted by molar-refractivity contribution is 6.32. The first-order valence-electron chi connectivity index (χ1n) is 11.4. The predicted octanol–water partition coefficient (Wildman–Crippen LogP) is 5.56. The van der Waals surface area contributed by atoms with Gasteiger partial charge in [-0.3, -0.25) is 9.59 Å². The van der Waals surface area contributed by atoms with Gasteiger partial charge in [0, 0.05) is 23.6 Å². The number of anilines is 1. The average Bonchev–Trinajstić information content (AvgIpc) is 3.48. The summed E-state index contributed by atoms with van der Waals surface area (Å²) in [5, 5.41) is 8.20. The van der Waals surface area contributed by atoms with E-state index >= 15 is 0 Å². The molecule has 0 atom stereocenters. The van der Waals surface area contributed by atoms with Crippen LogP contribution in [-0.4, -0.2) is 39.1 Å². The maximum atomic E-state index is 13.1. The van der Waals surface area contributed by atoms with E-state index < -0.39 is 0 Å². The number of aromatic nitrogens is 2. The molecule has 1 aromatic heterocycles. The summed E-state index contributed by atoms with van der Waals surface area (Å²) in [6.45, 7) is 3.89. The van der Waals surface area contributed by atoms with Crippen molar-refractivity contribution in [2.75, 3.05) is 11.9 Å². The number of para-hydroxylation sites is 1. The second kappa shape index (κ2) is 10.2. The molecule has 1 N–H and O–H groups in total. The molecule has 4 rings (SSSR count). The standard InChI is InChI=1S/C26H29ClN4O2/c1-18(2)30(26(33)20-12-6-7-13-20)17-25(32)28-24-16-22(19-10-4-3-5-11-19)29-31(24)23-15-9-8-14-21(23)27/h3-5,8-11,14-16,18,20H,6-7,12-13,17H2,1-2H3,(H,28,32). The van der Waals surface area contributed by atoms with Gasteiger partial charge in [0.1, 0.15) is 12.4 Å². The Hall–Kier alpha value is -3.12. The lowest BCUT2D eigenvalue weighted by Crippen LogP contribution is -2.45. The van der Waals surface area contributed by atoms with E-state index in [-0.39, 0.29) is 30.3 Å². The van der Waals surface area contributed by atoms with Gasteiger partial charge in [-0.05, 0) is 38.8 Å². The van der Waals surface area contributed by atoms with Crippen LogP contribution in [0, 0.1) is 5.92 Å². The van der Waals surface area contributed by atoms with Crippen LogP contribution in [0.2, 0.25) is 5.02 Å². The van der Waals surface area contributed by atoms with Crippen molar-refractivity contribution in [2.45, 2.75) is 45.6 Å². The number of hydrogen-bond donors (Lipinski definition) is 1. The fourth-order valence-electron chi connectivity index (χ4n) is 4.29. The molecule has 0 saturated heterocycles. The van der Waals surface area contributed by atoms with Crippen molar-refractivity contribution in [3.8, 4) is 16.9 Å². The number of halogens is 1. The fourth-order valence-corrected chi connectivity index (χ4v) is 4.50. The molecule has 0 spiro atoms. The first-order valence-corrected chi connectivity index (χ1v) is 11.8. The molecule has 0 bridgehead atoms. The highest BCUT2D eigenvalue weighted by Gasteiger charge is 2.30. The topological polar surface area (TPSA) is 67.2 Å². The van der Waals surface area contributed by atoms with Crippen LogP contribution in [0.1, 0.15) is 39.5 Å². The Morgan fingerprint density at radius 2 is 1.76 bits per heavy atom. The molecule has 1 aliphatic carbocycles. The third-order valence-electron chi connectivity index (χ3n) is 6.05. The molecule has 33 heavy (non-hydrogen) atoms. The molecular weight excluding hydrogens is 436 g/mol. The summed E-state index contributed by atoms with van der Waals surface area (Å²) in [6.07, 6.45) is 3.97. The SMILES string of the molecule is CC(C)N(CC(=O)Nc1cc(-c2ccccc2)nn1-c1ccccc1Cl)C(=O)C1CCCC1. The van der Waals surface area contributed by atoms with Crippen molar-refractivity contribution in [2.24, 2.45) is 5.92 Å². The normalized spacial score (nSPS) is 13.9. The minimum atomic E-state index is -0.261. The second-order valence-corrected chi connectivity index (χ2v) is 9.14. The lowest BCUT2D eigenvalue weighted by Gasteiger charge is -2.28. The Morgan fingerprint density at radius 3 is 2.42 bits per heavy atom. The number of amides is 2. The maximum Gasteiger partial charge on any atom is 0.245 e. The molecule has 7 heteroatoms. The third-order valence-corrected chi connectivity index (χ3v) is 6.37. The molecule has 0 radical (unpaired) electrons. The largest absolute Gasteiger partial charge is 0.331 e. The summed E-state index contributed by atoms with van der Waals surface area (Å²) >= 11 is 6.44. The molecule has 172 valence electrons. The number of hydrogen-bond acceptors (Lipinski definition) is 3. The molecular formula is C26H29ClN4O2. The van der Waals surface area contributed by atoms with Crippen molar-refractivity contribution in [3.63, 3.8) is 0 Å². The number of carbonyl (C=O) groups excluding carboxylic acids is 2. The van der Waals surface area contributed by atoms with Crippen LogP contribution in [0.4, 0.5) is 5.82 Å². The smallest absolute Gasteiger partial charge is 0.245 e. The van der Waals surface area contributed by atoms with Gasteiger partial charge in [0.25, 0.3) is 0 Å². The third kappa shape index (κ3) is 5.28. The first-order chi connectivity index (χ1) is 15.9. The zero-order chi connectivity index (χ0) is 23.4. The summed E-state index contributed by atoms with van der Waals surface area (Å²) in [5.41, 5.74) is 2.31. The van der Waals surface area contributed by atoms with E-state index in [1.807, 2.05) is 68.4 Å². The zero-order valence-corrected chi connectivity index (χ0v) is 19.8. The van der Waals surface area contributed by atoms with E-state index in [0.717, 1.165) is 31.2 Å². The van der Waals surface area contributed by atoms with Crippen molar-refractivity contribution in [1.82, 2.24) is 14.7 Å². The van der Waals surface area contributed by atoms with Gasteiger partial charge >= 0.3 is 0 Å². The van der Waals surface area contributed by atoms with Gasteiger partial charge in [-0.1, -0.05) is 66.9 Å². The monoisotopic (exact) mass is 464 g/mol. The molecule has 3 aromatic rings. The summed E-state index contributed by atoms with van der Waals surface area (Å²) in [4.78, 5) is 27.8. The molecule has 1 saturated carbocycles. The minimum absolute atomic E-state index is 0.00136. The molecule has 1 fully saturated rings. The van der Waals surface area contributed by atoms with Crippen LogP contribution in [0.15, 0.2) is 60.7 Å². The van der Waals surface area contributed by atoms with E-state index in [9.17, 15) is 9.59 Å². The van der Waals surface area contributed by atoms with Crippen LogP contribution in [0.25, 0.3) is 16.9 Å². The van der Waals surface area contributed by atoms with Gasteiger partial charge < -0.3 is 10.2 Å². The lowest BCUT2D eigenvalue weighted by atomic mass is 10.1. The Bertz CT molecular complexity index is 1120. The van der Waals surface area contributed by atoms with Gasteiger partial charge in [-0.25, -0.2) is 4.68 Å². The average molecular weight is 465 g/mol. The molecule has 0 aliphatic heterocycles. The minimum Gasteiger partial charge on any atom is -0.331 e. The Morgan fingerprint density at radius 1 is 1.09 bits per heavy atom. The first kappa shape index (κ1) is 23.1. The summed E-state index contributed by atoms with van der Waals surface area (Å²) < 4.78 is 1.64. The van der Waals surface area contributed by atoms with Crippen molar-refractivity contribution in [1.29, 1.82) is 0 Å². The van der Waals surface area contributed by atoms with Crippen LogP contribution in [-0.2, 0) is 9.59 Å². The lowest BCUT2D eigenvalue weighted by molar-refractivity contribution is -0.140. The number of rotatable bonds is 7. The van der Waals surface area contributed by atoms with Crippen molar-refractivity contribution >= 4 is 29.2 Å². The Kier molecular flexibility index (Phi) is 7.14. The van der Waals surface area contributed by atoms with Gasteiger partial charge in [0.15, 0.2) is 0 Å². The van der Waals surface area contributed by atoms with Crippen LogP contribution >= 0.6 is 11.6 Å². The van der Waals surface area contributed by atoms with E-state index in [4.69, 9.17) is 16.7 Å². The van der Waals surface area contributed by atoms with Crippen LogP contribution in [0.3, 0.4) is 0 Å². The molecule has 2 amide bonds. The maximum absolute atomic E-state index is 13.1. The summed E-state index contributed by atoms with van der Waals surface area (Å²) in [7, 11) is 0. The van der Waals surface area contributed by atoms with Gasteiger partial charge in [-0.15, -0.1) is 0 Å². The second-order valence-electron chi connectivity index (χ2n) is 8.73. The predicted molar refractivity (Wildman–Crippen MR) is 131 cm³/mol. The van der Waals surface area contributed by atoms with Gasteiger partial charge in [-0.2, -0.15) is 5.10 Å². The van der Waals surface area contributed by atoms with E-state index in [1.165, 1.54) is 0 Å².